The Kier molecular flexibility index (Phi) is 6.43. The van der Waals surface area contributed by atoms with Gasteiger partial charge in [0.15, 0.2) is 5.78 Å². The van der Waals surface area contributed by atoms with E-state index in [1.807, 2.05) is 42.5 Å². The van der Waals surface area contributed by atoms with Crippen molar-refractivity contribution in [2.75, 3.05) is 42.9 Å². The number of hydrogen-bond acceptors (Lipinski definition) is 4. The van der Waals surface area contributed by atoms with Crippen LogP contribution in [0.15, 0.2) is 78.9 Å². The van der Waals surface area contributed by atoms with Gasteiger partial charge in [-0.25, -0.2) is 0 Å². The van der Waals surface area contributed by atoms with Gasteiger partial charge in [-0.3, -0.25) is 9.59 Å². The third-order valence-electron chi connectivity index (χ3n) is 5.76. The molecule has 0 aromatic heterocycles. The molecule has 0 unspecified atom stereocenters. The van der Waals surface area contributed by atoms with Crippen LogP contribution in [0.25, 0.3) is 0 Å². The Balaban J connectivity index is 1.46. The van der Waals surface area contributed by atoms with Crippen molar-refractivity contribution >= 4 is 23.1 Å². The number of piperazine rings is 1. The maximum Gasteiger partial charge on any atom is 0.256 e. The van der Waals surface area contributed by atoms with Crippen LogP contribution in [0.4, 0.5) is 11.4 Å². The number of benzene rings is 3. The van der Waals surface area contributed by atoms with Crippen molar-refractivity contribution in [1.82, 2.24) is 4.90 Å². The first-order valence-corrected chi connectivity index (χ1v) is 10.7. The summed E-state index contributed by atoms with van der Waals surface area (Å²) in [5.41, 5.74) is 3.21. The summed E-state index contributed by atoms with van der Waals surface area (Å²) in [6.07, 6.45) is 0. The molecule has 3 aromatic rings. The largest absolute Gasteiger partial charge is 0.369 e. The van der Waals surface area contributed by atoms with Crippen molar-refractivity contribution in [2.45, 2.75) is 6.92 Å². The second-order valence-electron chi connectivity index (χ2n) is 7.66. The molecule has 5 heteroatoms. The number of anilines is 2. The topological polar surface area (TPSA) is 52.6 Å². The number of amides is 1. The summed E-state index contributed by atoms with van der Waals surface area (Å²) in [5.74, 6) is -0.447. The zero-order valence-electron chi connectivity index (χ0n) is 17.8. The van der Waals surface area contributed by atoms with E-state index in [0.717, 1.165) is 38.4 Å². The zero-order valence-corrected chi connectivity index (χ0v) is 17.8. The van der Waals surface area contributed by atoms with Crippen LogP contribution in [0.5, 0.6) is 0 Å². The Morgan fingerprint density at radius 1 is 0.774 bits per heavy atom. The molecule has 4 rings (SSSR count). The van der Waals surface area contributed by atoms with Crippen molar-refractivity contribution < 1.29 is 9.59 Å². The van der Waals surface area contributed by atoms with Gasteiger partial charge in [-0.05, 0) is 36.9 Å². The average molecular weight is 414 g/mol. The van der Waals surface area contributed by atoms with Gasteiger partial charge in [-0.15, -0.1) is 0 Å². The van der Waals surface area contributed by atoms with Crippen molar-refractivity contribution in [3.63, 3.8) is 0 Å². The van der Waals surface area contributed by atoms with E-state index in [2.05, 4.69) is 22.0 Å². The number of nitrogens with zero attached hydrogens (tertiary/aromatic N) is 2. The normalized spacial score (nSPS) is 14.3. The maximum atomic E-state index is 12.9. The van der Waals surface area contributed by atoms with Crippen molar-refractivity contribution in [3.8, 4) is 0 Å². The highest BCUT2D eigenvalue weighted by Gasteiger charge is 2.19. The van der Waals surface area contributed by atoms with Gasteiger partial charge >= 0.3 is 0 Å². The lowest BCUT2D eigenvalue weighted by molar-refractivity contribution is 0.0996. The number of ketones is 1. The number of likely N-dealkylation sites (N-methyl/N-ethyl adjacent to an activating group) is 1. The van der Waals surface area contributed by atoms with Gasteiger partial charge in [-0.2, -0.15) is 0 Å². The summed E-state index contributed by atoms with van der Waals surface area (Å²) in [4.78, 5) is 30.7. The van der Waals surface area contributed by atoms with Crippen LogP contribution in [-0.4, -0.2) is 49.3 Å². The van der Waals surface area contributed by atoms with Crippen LogP contribution in [0.2, 0.25) is 0 Å². The fourth-order valence-corrected chi connectivity index (χ4v) is 3.90. The van der Waals surface area contributed by atoms with Crippen molar-refractivity contribution in [2.24, 2.45) is 0 Å². The summed E-state index contributed by atoms with van der Waals surface area (Å²) in [5, 5.41) is 2.93. The predicted molar refractivity (Wildman–Crippen MR) is 125 cm³/mol. The standard InChI is InChI=1S/C26H27N3O2/c1-2-28-16-18-29(19-17-28)22-14-12-21(13-15-22)27-26(31)24-11-7-6-10-23(24)25(30)20-8-4-3-5-9-20/h3-15H,2,16-19H2,1H3,(H,27,31). The average Bonchev–Trinajstić information content (AvgIpc) is 2.84. The maximum absolute atomic E-state index is 12.9. The Bertz CT molecular complexity index is 1040. The molecular formula is C26H27N3O2. The Hall–Kier alpha value is -3.44. The SMILES string of the molecule is CCN1CCN(c2ccc(NC(=O)c3ccccc3C(=O)c3ccccc3)cc2)CC1. The van der Waals surface area contributed by atoms with Gasteiger partial charge in [-0.1, -0.05) is 55.5 Å². The number of hydrogen-bond donors (Lipinski definition) is 1. The van der Waals surface area contributed by atoms with Crippen molar-refractivity contribution in [3.05, 3.63) is 95.6 Å². The van der Waals surface area contributed by atoms with Crippen LogP contribution >= 0.6 is 0 Å². The summed E-state index contributed by atoms with van der Waals surface area (Å²) in [7, 11) is 0. The monoisotopic (exact) mass is 413 g/mol. The number of carbonyl (C=O) groups excluding carboxylic acids is 2. The van der Waals surface area contributed by atoms with E-state index in [-0.39, 0.29) is 11.7 Å². The Morgan fingerprint density at radius 2 is 1.39 bits per heavy atom. The third-order valence-corrected chi connectivity index (χ3v) is 5.76. The molecule has 158 valence electrons. The summed E-state index contributed by atoms with van der Waals surface area (Å²) in [6.45, 7) is 7.44. The van der Waals surface area contributed by atoms with Gasteiger partial charge in [0, 0.05) is 48.7 Å². The van der Waals surface area contributed by atoms with E-state index >= 15 is 0 Å². The summed E-state index contributed by atoms with van der Waals surface area (Å²) >= 11 is 0. The van der Waals surface area contributed by atoms with Crippen LogP contribution in [-0.2, 0) is 0 Å². The minimum absolute atomic E-state index is 0.159. The van der Waals surface area contributed by atoms with E-state index in [1.54, 1.807) is 36.4 Å². The number of carbonyl (C=O) groups is 2. The lowest BCUT2D eigenvalue weighted by Crippen LogP contribution is -2.46. The number of rotatable bonds is 6. The van der Waals surface area contributed by atoms with Gasteiger partial charge in [0.1, 0.15) is 0 Å². The molecule has 1 saturated heterocycles. The lowest BCUT2D eigenvalue weighted by atomic mass is 9.98. The number of nitrogens with one attached hydrogen (secondary N) is 1. The van der Waals surface area contributed by atoms with E-state index in [4.69, 9.17) is 0 Å². The first kappa shape index (κ1) is 20.8. The van der Waals surface area contributed by atoms with E-state index < -0.39 is 0 Å². The van der Waals surface area contributed by atoms with Gasteiger partial charge in [0.25, 0.3) is 5.91 Å². The van der Waals surface area contributed by atoms with E-state index in [9.17, 15) is 9.59 Å². The molecule has 1 aliphatic rings. The molecule has 0 aliphatic carbocycles. The minimum Gasteiger partial charge on any atom is -0.369 e. The molecule has 0 spiro atoms. The first-order valence-electron chi connectivity index (χ1n) is 10.7. The second kappa shape index (κ2) is 9.58. The third kappa shape index (κ3) is 4.84. The van der Waals surface area contributed by atoms with Gasteiger partial charge in [0.05, 0.1) is 5.56 Å². The molecule has 0 saturated carbocycles. The summed E-state index contributed by atoms with van der Waals surface area (Å²) < 4.78 is 0. The highest BCUT2D eigenvalue weighted by molar-refractivity contribution is 6.17. The molecule has 1 heterocycles. The van der Waals surface area contributed by atoms with Gasteiger partial charge < -0.3 is 15.1 Å². The molecule has 1 fully saturated rings. The molecule has 0 radical (unpaired) electrons. The highest BCUT2D eigenvalue weighted by atomic mass is 16.2. The Morgan fingerprint density at radius 3 is 2.03 bits per heavy atom. The molecule has 31 heavy (non-hydrogen) atoms. The summed E-state index contributed by atoms with van der Waals surface area (Å²) in [6, 6.07) is 23.9. The molecule has 0 bridgehead atoms. The fourth-order valence-electron chi connectivity index (χ4n) is 3.90. The molecule has 0 atom stereocenters. The molecule has 3 aromatic carbocycles. The van der Waals surface area contributed by atoms with Crippen LogP contribution < -0.4 is 10.2 Å². The van der Waals surface area contributed by atoms with Gasteiger partial charge in [0.2, 0.25) is 0 Å². The second-order valence-corrected chi connectivity index (χ2v) is 7.66. The molecule has 1 amide bonds. The van der Waals surface area contributed by atoms with Crippen molar-refractivity contribution in [1.29, 1.82) is 0 Å². The van der Waals surface area contributed by atoms with E-state index in [1.165, 1.54) is 0 Å². The fraction of sp³-hybridized carbons (Fsp3) is 0.231. The van der Waals surface area contributed by atoms with E-state index in [0.29, 0.717) is 22.4 Å². The van der Waals surface area contributed by atoms with Crippen LogP contribution in [0.1, 0.15) is 33.2 Å². The minimum atomic E-state index is -0.288. The molecule has 5 nitrogen and oxygen atoms in total. The highest BCUT2D eigenvalue weighted by Crippen LogP contribution is 2.21. The molecule has 1 N–H and O–H groups in total. The Labute approximate surface area is 183 Å². The van der Waals surface area contributed by atoms with Crippen LogP contribution in [0, 0.1) is 0 Å². The molecular weight excluding hydrogens is 386 g/mol. The van der Waals surface area contributed by atoms with Crippen LogP contribution in [0.3, 0.4) is 0 Å². The lowest BCUT2D eigenvalue weighted by Gasteiger charge is -2.35. The smallest absolute Gasteiger partial charge is 0.256 e. The zero-order chi connectivity index (χ0) is 21.6. The quantitative estimate of drug-likeness (QED) is 0.612. The first-order chi connectivity index (χ1) is 15.2. The molecule has 1 aliphatic heterocycles. The predicted octanol–water partition coefficient (Wildman–Crippen LogP) is 4.31.